The number of amidine groups is 1. The van der Waals surface area contributed by atoms with Crippen LogP contribution < -0.4 is 4.90 Å². The minimum atomic E-state index is -0.502. The summed E-state index contributed by atoms with van der Waals surface area (Å²) in [6.45, 7) is 0. The first kappa shape index (κ1) is 11.4. The lowest BCUT2D eigenvalue weighted by molar-refractivity contribution is 0.127. The molecule has 3 heteroatoms. The quantitative estimate of drug-likeness (QED) is 0.763. The SMILES string of the molecule is C#CC1ON=C(c2ccccc2)N1c1ccccc1. The molecule has 92 valence electrons. The largest absolute Gasteiger partial charge is 0.354 e. The van der Waals surface area contributed by atoms with E-state index in [0.29, 0.717) is 0 Å². The smallest absolute Gasteiger partial charge is 0.267 e. The molecule has 0 spiro atoms. The molecule has 1 unspecified atom stereocenters. The Hall–Kier alpha value is -2.73. The fourth-order valence-electron chi connectivity index (χ4n) is 2.03. The first-order valence-corrected chi connectivity index (χ1v) is 6.00. The highest BCUT2D eigenvalue weighted by atomic mass is 16.7. The maximum absolute atomic E-state index is 5.51. The van der Waals surface area contributed by atoms with Crippen LogP contribution in [0.3, 0.4) is 0 Å². The Morgan fingerprint density at radius 1 is 1.00 bits per heavy atom. The number of benzene rings is 2. The van der Waals surface area contributed by atoms with E-state index in [-0.39, 0.29) is 0 Å². The highest BCUT2D eigenvalue weighted by Gasteiger charge is 2.30. The van der Waals surface area contributed by atoms with E-state index in [0.717, 1.165) is 17.1 Å². The van der Waals surface area contributed by atoms with Gasteiger partial charge >= 0.3 is 0 Å². The van der Waals surface area contributed by atoms with E-state index in [1.165, 1.54) is 0 Å². The summed E-state index contributed by atoms with van der Waals surface area (Å²) >= 11 is 0. The first-order valence-electron chi connectivity index (χ1n) is 6.00. The van der Waals surface area contributed by atoms with E-state index in [1.807, 2.05) is 65.6 Å². The lowest BCUT2D eigenvalue weighted by atomic mass is 10.1. The molecule has 3 nitrogen and oxygen atoms in total. The molecule has 0 radical (unpaired) electrons. The number of anilines is 1. The molecular formula is C16H12N2O. The van der Waals surface area contributed by atoms with Gasteiger partial charge in [0.1, 0.15) is 0 Å². The average Bonchev–Trinajstić information content (AvgIpc) is 2.93. The van der Waals surface area contributed by atoms with Gasteiger partial charge in [-0.3, -0.25) is 4.90 Å². The van der Waals surface area contributed by atoms with Crippen LogP contribution in [-0.2, 0) is 4.84 Å². The molecule has 0 bridgehead atoms. The third-order valence-corrected chi connectivity index (χ3v) is 2.91. The Morgan fingerprint density at radius 2 is 1.63 bits per heavy atom. The zero-order valence-corrected chi connectivity index (χ0v) is 10.2. The number of nitrogens with zero attached hydrogens (tertiary/aromatic N) is 2. The number of rotatable bonds is 2. The zero-order chi connectivity index (χ0) is 13.1. The minimum absolute atomic E-state index is 0.502. The Morgan fingerprint density at radius 3 is 2.26 bits per heavy atom. The number of oxime groups is 1. The van der Waals surface area contributed by atoms with E-state index in [9.17, 15) is 0 Å². The monoisotopic (exact) mass is 248 g/mol. The number of para-hydroxylation sites is 1. The van der Waals surface area contributed by atoms with Crippen molar-refractivity contribution in [3.63, 3.8) is 0 Å². The van der Waals surface area contributed by atoms with Gasteiger partial charge in [-0.15, -0.1) is 6.42 Å². The molecule has 0 aliphatic carbocycles. The van der Waals surface area contributed by atoms with Gasteiger partial charge in [0.2, 0.25) is 0 Å². The fraction of sp³-hybridized carbons (Fsp3) is 0.0625. The van der Waals surface area contributed by atoms with Crippen molar-refractivity contribution in [3.05, 3.63) is 66.2 Å². The molecule has 0 aromatic heterocycles. The summed E-state index contributed by atoms with van der Waals surface area (Å²) in [4.78, 5) is 7.23. The van der Waals surface area contributed by atoms with Gasteiger partial charge in [-0.25, -0.2) is 0 Å². The summed E-state index contributed by atoms with van der Waals surface area (Å²) in [6.07, 6.45) is 5.01. The van der Waals surface area contributed by atoms with Crippen molar-refractivity contribution in [2.24, 2.45) is 5.16 Å². The van der Waals surface area contributed by atoms with E-state index in [1.54, 1.807) is 0 Å². The van der Waals surface area contributed by atoms with Crippen LogP contribution in [0.4, 0.5) is 5.69 Å². The molecule has 0 fully saturated rings. The van der Waals surface area contributed by atoms with Gasteiger partial charge in [0.15, 0.2) is 5.84 Å². The second-order valence-corrected chi connectivity index (χ2v) is 4.11. The summed E-state index contributed by atoms with van der Waals surface area (Å²) in [5.41, 5.74) is 1.94. The third kappa shape index (κ3) is 2.04. The van der Waals surface area contributed by atoms with Crippen LogP contribution in [0.2, 0.25) is 0 Å². The van der Waals surface area contributed by atoms with Gasteiger partial charge in [0.25, 0.3) is 6.23 Å². The van der Waals surface area contributed by atoms with E-state index >= 15 is 0 Å². The number of hydrogen-bond donors (Lipinski definition) is 0. The van der Waals surface area contributed by atoms with Gasteiger partial charge in [0, 0.05) is 11.3 Å². The first-order chi connectivity index (χ1) is 9.40. The van der Waals surface area contributed by atoms with Crippen molar-refractivity contribution >= 4 is 11.5 Å². The van der Waals surface area contributed by atoms with Crippen LogP contribution in [0.25, 0.3) is 0 Å². The highest BCUT2D eigenvalue weighted by molar-refractivity contribution is 6.11. The molecule has 1 heterocycles. The van der Waals surface area contributed by atoms with Crippen molar-refractivity contribution < 1.29 is 4.84 Å². The highest BCUT2D eigenvalue weighted by Crippen LogP contribution is 2.25. The van der Waals surface area contributed by atoms with E-state index in [4.69, 9.17) is 11.3 Å². The molecular weight excluding hydrogens is 236 g/mol. The lowest BCUT2D eigenvalue weighted by Gasteiger charge is -2.21. The van der Waals surface area contributed by atoms with Crippen LogP contribution >= 0.6 is 0 Å². The molecule has 0 saturated heterocycles. The summed E-state index contributed by atoms with van der Waals surface area (Å²) in [5.74, 6) is 3.33. The van der Waals surface area contributed by atoms with Crippen LogP contribution in [0, 0.1) is 12.3 Å². The van der Waals surface area contributed by atoms with Crippen molar-refractivity contribution in [1.29, 1.82) is 0 Å². The van der Waals surface area contributed by atoms with Gasteiger partial charge in [-0.1, -0.05) is 53.7 Å². The Balaban J connectivity index is 2.03. The zero-order valence-electron chi connectivity index (χ0n) is 10.2. The molecule has 19 heavy (non-hydrogen) atoms. The van der Waals surface area contributed by atoms with Crippen LogP contribution in [0.5, 0.6) is 0 Å². The topological polar surface area (TPSA) is 24.8 Å². The molecule has 1 aliphatic rings. The lowest BCUT2D eigenvalue weighted by Crippen LogP contribution is -2.35. The maximum atomic E-state index is 5.51. The summed E-state index contributed by atoms with van der Waals surface area (Å²) in [7, 11) is 0. The molecule has 0 N–H and O–H groups in total. The number of hydrogen-bond acceptors (Lipinski definition) is 3. The summed E-state index contributed by atoms with van der Waals surface area (Å²) < 4.78 is 0. The molecule has 2 aromatic carbocycles. The van der Waals surface area contributed by atoms with Crippen LogP contribution in [0.1, 0.15) is 5.56 Å². The van der Waals surface area contributed by atoms with Crippen LogP contribution in [0.15, 0.2) is 65.8 Å². The normalized spacial score (nSPS) is 17.5. The standard InChI is InChI=1S/C16H12N2O/c1-2-15-18(14-11-7-4-8-12-14)16(17-19-15)13-9-5-3-6-10-13/h1,3-12,15H. The summed E-state index contributed by atoms with van der Waals surface area (Å²) in [5, 5.41) is 4.12. The molecule has 2 aromatic rings. The third-order valence-electron chi connectivity index (χ3n) is 2.91. The van der Waals surface area contributed by atoms with Crippen molar-refractivity contribution in [2.75, 3.05) is 4.90 Å². The van der Waals surface area contributed by atoms with Gasteiger partial charge in [-0.05, 0) is 18.1 Å². The molecule has 0 saturated carbocycles. The molecule has 1 atom stereocenters. The van der Waals surface area contributed by atoms with Crippen molar-refractivity contribution in [3.8, 4) is 12.3 Å². The van der Waals surface area contributed by atoms with Gasteiger partial charge in [-0.2, -0.15) is 0 Å². The average molecular weight is 248 g/mol. The van der Waals surface area contributed by atoms with Gasteiger partial charge in [0.05, 0.1) is 0 Å². The predicted molar refractivity (Wildman–Crippen MR) is 75.6 cm³/mol. The predicted octanol–water partition coefficient (Wildman–Crippen LogP) is 2.84. The van der Waals surface area contributed by atoms with Gasteiger partial charge < -0.3 is 4.84 Å². The fourth-order valence-corrected chi connectivity index (χ4v) is 2.03. The summed E-state index contributed by atoms with van der Waals surface area (Å²) in [6, 6.07) is 19.7. The molecule has 3 rings (SSSR count). The number of terminal acetylenes is 1. The molecule has 0 amide bonds. The Labute approximate surface area is 112 Å². The maximum Gasteiger partial charge on any atom is 0.267 e. The van der Waals surface area contributed by atoms with E-state index < -0.39 is 6.23 Å². The second kappa shape index (κ2) is 4.87. The van der Waals surface area contributed by atoms with Crippen molar-refractivity contribution in [1.82, 2.24) is 0 Å². The van der Waals surface area contributed by atoms with Crippen molar-refractivity contribution in [2.45, 2.75) is 6.23 Å². The Kier molecular flexibility index (Phi) is 2.91. The van der Waals surface area contributed by atoms with E-state index in [2.05, 4.69) is 11.1 Å². The van der Waals surface area contributed by atoms with Crippen LogP contribution in [-0.4, -0.2) is 12.1 Å². The second-order valence-electron chi connectivity index (χ2n) is 4.11. The molecule has 1 aliphatic heterocycles. The Bertz CT molecular complexity index is 629. The minimum Gasteiger partial charge on any atom is -0.354 e.